The van der Waals surface area contributed by atoms with Crippen LogP contribution in [-0.4, -0.2) is 55.0 Å². The van der Waals surface area contributed by atoms with Crippen LogP contribution in [0.3, 0.4) is 0 Å². The van der Waals surface area contributed by atoms with Crippen LogP contribution in [0.5, 0.6) is 0 Å². The monoisotopic (exact) mass is 502 g/mol. The van der Waals surface area contributed by atoms with E-state index in [-0.39, 0.29) is 11.6 Å². The van der Waals surface area contributed by atoms with E-state index in [1.165, 1.54) is 29.8 Å². The summed E-state index contributed by atoms with van der Waals surface area (Å²) in [4.78, 5) is 25.1. The molecule has 0 saturated heterocycles. The number of amides is 1. The zero-order valence-corrected chi connectivity index (χ0v) is 20.3. The predicted molar refractivity (Wildman–Crippen MR) is 133 cm³/mol. The summed E-state index contributed by atoms with van der Waals surface area (Å²) in [5.74, 6) is 5.42. The van der Waals surface area contributed by atoms with Crippen LogP contribution in [0.15, 0.2) is 42.0 Å². The van der Waals surface area contributed by atoms with E-state index in [1.807, 2.05) is 23.9 Å². The van der Waals surface area contributed by atoms with Crippen molar-refractivity contribution in [3.63, 3.8) is 0 Å². The minimum Gasteiger partial charge on any atom is -0.373 e. The fourth-order valence-electron chi connectivity index (χ4n) is 3.14. The number of nitrogen functional groups attached to an aromatic ring is 1. The summed E-state index contributed by atoms with van der Waals surface area (Å²) in [6.07, 6.45) is -0.747. The molecule has 2 heterocycles. The van der Waals surface area contributed by atoms with E-state index in [0.717, 1.165) is 25.1 Å². The number of hydrogen-bond donors (Lipinski definition) is 2. The fourth-order valence-corrected chi connectivity index (χ4v) is 3.88. The van der Waals surface area contributed by atoms with Gasteiger partial charge >= 0.3 is 6.18 Å². The Balaban J connectivity index is 1.80. The lowest BCUT2D eigenvalue weighted by Crippen LogP contribution is -2.25. The summed E-state index contributed by atoms with van der Waals surface area (Å²) in [5.41, 5.74) is 6.07. The molecule has 7 nitrogen and oxygen atoms in total. The van der Waals surface area contributed by atoms with Crippen LogP contribution in [0.2, 0.25) is 0 Å². The highest BCUT2D eigenvalue weighted by Crippen LogP contribution is 2.35. The number of nitrogens with one attached hydrogen (secondary N) is 1. The molecular formula is C24H25F3N6OS. The summed E-state index contributed by atoms with van der Waals surface area (Å²) >= 11 is 1.25. The summed E-state index contributed by atoms with van der Waals surface area (Å²) in [7, 11) is 5.69. The van der Waals surface area contributed by atoms with Crippen molar-refractivity contribution in [1.29, 1.82) is 0 Å². The highest BCUT2D eigenvalue weighted by atomic mass is 32.1. The molecule has 3 aromatic rings. The lowest BCUT2D eigenvalue weighted by molar-refractivity contribution is -0.137. The highest BCUT2D eigenvalue weighted by molar-refractivity contribution is 7.10. The van der Waals surface area contributed by atoms with Crippen molar-refractivity contribution in [2.24, 2.45) is 0 Å². The normalized spacial score (nSPS) is 11.2. The maximum Gasteiger partial charge on any atom is 0.416 e. The lowest BCUT2D eigenvalue weighted by Gasteiger charge is -2.24. The number of halogens is 3. The predicted octanol–water partition coefficient (Wildman–Crippen LogP) is 4.18. The maximum absolute atomic E-state index is 13.3. The molecule has 0 bridgehead atoms. The molecule has 0 saturated carbocycles. The van der Waals surface area contributed by atoms with Crippen molar-refractivity contribution in [3.8, 4) is 11.8 Å². The minimum atomic E-state index is -4.53. The van der Waals surface area contributed by atoms with Crippen LogP contribution in [0.25, 0.3) is 0 Å². The van der Waals surface area contributed by atoms with Crippen LogP contribution >= 0.6 is 11.3 Å². The largest absolute Gasteiger partial charge is 0.416 e. The first kappa shape index (κ1) is 26.0. The number of nitrogens with zero attached hydrogens (tertiary/aromatic N) is 4. The maximum atomic E-state index is 13.3. The molecule has 11 heteroatoms. The van der Waals surface area contributed by atoms with Crippen molar-refractivity contribution >= 4 is 34.6 Å². The quantitative estimate of drug-likeness (QED) is 0.472. The molecule has 0 fully saturated rings. The SMILES string of the molecule is CN(C)CCCN(C)c1ccc(C(F)(F)F)cc1NC(=O)c1csc(C#Cc2cnc(N)nc2)c1. The van der Waals surface area contributed by atoms with Crippen LogP contribution in [0.4, 0.5) is 30.5 Å². The number of carbonyl (C=O) groups is 1. The number of carbonyl (C=O) groups excluding carboxylic acids is 1. The standard InChI is InChI=1S/C24H25F3N6OS/c1-32(2)9-4-10-33(3)21-8-6-18(24(25,26)27)12-20(21)31-22(34)17-11-19(35-15-17)7-5-16-13-29-23(28)30-14-16/h6,8,11-15H,4,9-10H2,1-3H3,(H,31,34)(H2,28,29,30). The lowest BCUT2D eigenvalue weighted by atomic mass is 10.1. The van der Waals surface area contributed by atoms with Crippen molar-refractivity contribution < 1.29 is 18.0 Å². The Morgan fingerprint density at radius 1 is 1.11 bits per heavy atom. The Hall–Kier alpha value is -3.62. The summed E-state index contributed by atoms with van der Waals surface area (Å²) in [6.45, 7) is 1.44. The second kappa shape index (κ2) is 11.2. The summed E-state index contributed by atoms with van der Waals surface area (Å²) in [6, 6.07) is 4.95. The molecule has 3 rings (SSSR count). The molecule has 0 aliphatic rings. The van der Waals surface area contributed by atoms with Gasteiger partial charge in [-0.2, -0.15) is 13.2 Å². The first-order chi connectivity index (χ1) is 16.5. The number of hydrogen-bond acceptors (Lipinski definition) is 7. The van der Waals surface area contributed by atoms with Crippen LogP contribution in [-0.2, 0) is 6.18 Å². The molecule has 0 spiro atoms. The van der Waals surface area contributed by atoms with Gasteiger partial charge in [-0.25, -0.2) is 9.97 Å². The van der Waals surface area contributed by atoms with Gasteiger partial charge in [0.2, 0.25) is 5.95 Å². The number of rotatable bonds is 7. The Kier molecular flexibility index (Phi) is 8.32. The zero-order chi connectivity index (χ0) is 25.6. The van der Waals surface area contributed by atoms with Crippen molar-refractivity contribution in [2.75, 3.05) is 50.2 Å². The molecule has 3 N–H and O–H groups in total. The smallest absolute Gasteiger partial charge is 0.373 e. The average molecular weight is 503 g/mol. The second-order valence-electron chi connectivity index (χ2n) is 8.04. The van der Waals surface area contributed by atoms with Gasteiger partial charge in [0.1, 0.15) is 0 Å². The third-order valence-corrected chi connectivity index (χ3v) is 5.79. The van der Waals surface area contributed by atoms with Crippen LogP contribution in [0, 0.1) is 11.8 Å². The second-order valence-corrected chi connectivity index (χ2v) is 8.95. The molecule has 0 atom stereocenters. The Bertz CT molecular complexity index is 1230. The first-order valence-corrected chi connectivity index (χ1v) is 11.5. The molecule has 0 unspecified atom stereocenters. The average Bonchev–Trinajstić information content (AvgIpc) is 3.27. The number of anilines is 3. The molecule has 0 radical (unpaired) electrons. The summed E-state index contributed by atoms with van der Waals surface area (Å²) < 4.78 is 40.0. The minimum absolute atomic E-state index is 0.0926. The number of nitrogens with two attached hydrogens (primary N) is 1. The Morgan fingerprint density at radius 2 is 1.83 bits per heavy atom. The van der Waals surface area contributed by atoms with Gasteiger partial charge in [-0.1, -0.05) is 11.8 Å². The number of thiophene rings is 1. The van der Waals surface area contributed by atoms with E-state index in [0.29, 0.717) is 28.2 Å². The fraction of sp³-hybridized carbons (Fsp3) is 0.292. The molecule has 1 aromatic carbocycles. The van der Waals surface area contributed by atoms with Gasteiger partial charge in [-0.05, 0) is 51.3 Å². The molecule has 2 aromatic heterocycles. The van der Waals surface area contributed by atoms with Gasteiger partial charge in [0.05, 0.1) is 32.9 Å². The summed E-state index contributed by atoms with van der Waals surface area (Å²) in [5, 5.41) is 4.25. The third kappa shape index (κ3) is 7.43. The third-order valence-electron chi connectivity index (χ3n) is 4.95. The van der Waals surface area contributed by atoms with Crippen molar-refractivity contribution in [2.45, 2.75) is 12.6 Å². The van der Waals surface area contributed by atoms with Gasteiger partial charge in [-0.3, -0.25) is 4.79 Å². The van der Waals surface area contributed by atoms with Gasteiger partial charge in [-0.15, -0.1) is 11.3 Å². The zero-order valence-electron chi connectivity index (χ0n) is 19.5. The van der Waals surface area contributed by atoms with Crippen LogP contribution in [0.1, 0.15) is 32.8 Å². The van der Waals surface area contributed by atoms with E-state index < -0.39 is 17.6 Å². The number of benzene rings is 1. The highest BCUT2D eigenvalue weighted by Gasteiger charge is 2.31. The van der Waals surface area contributed by atoms with E-state index in [4.69, 9.17) is 5.73 Å². The van der Waals surface area contributed by atoms with E-state index in [2.05, 4.69) is 27.1 Å². The molecule has 184 valence electrons. The first-order valence-electron chi connectivity index (χ1n) is 10.6. The van der Waals surface area contributed by atoms with E-state index >= 15 is 0 Å². The molecule has 0 aliphatic heterocycles. The van der Waals surface area contributed by atoms with Crippen molar-refractivity contribution in [3.05, 3.63) is 63.6 Å². The molecule has 35 heavy (non-hydrogen) atoms. The number of alkyl halides is 3. The van der Waals surface area contributed by atoms with E-state index in [9.17, 15) is 18.0 Å². The number of aromatic nitrogens is 2. The van der Waals surface area contributed by atoms with Crippen molar-refractivity contribution in [1.82, 2.24) is 14.9 Å². The topological polar surface area (TPSA) is 87.4 Å². The van der Waals surface area contributed by atoms with Gasteiger partial charge < -0.3 is 20.9 Å². The van der Waals surface area contributed by atoms with Gasteiger partial charge in [0, 0.05) is 31.4 Å². The van der Waals surface area contributed by atoms with Crippen LogP contribution < -0.4 is 16.0 Å². The Labute approximate surface area is 205 Å². The van der Waals surface area contributed by atoms with E-state index in [1.54, 1.807) is 18.5 Å². The molecular weight excluding hydrogens is 477 g/mol. The molecule has 1 amide bonds. The molecule has 0 aliphatic carbocycles. The van der Waals surface area contributed by atoms with Gasteiger partial charge in [0.15, 0.2) is 0 Å². The van der Waals surface area contributed by atoms with Gasteiger partial charge in [0.25, 0.3) is 5.91 Å². The Morgan fingerprint density at radius 3 is 2.49 bits per heavy atom.